The van der Waals surface area contributed by atoms with Crippen molar-refractivity contribution in [1.82, 2.24) is 5.32 Å². The summed E-state index contributed by atoms with van der Waals surface area (Å²) < 4.78 is 36.3. The number of anilines is 1. The van der Waals surface area contributed by atoms with E-state index in [1.165, 1.54) is 6.07 Å². The predicted molar refractivity (Wildman–Crippen MR) is 74.8 cm³/mol. The molecule has 1 atom stereocenters. The summed E-state index contributed by atoms with van der Waals surface area (Å²) in [5, 5.41) is 5.57. The minimum atomic E-state index is -3.07. The smallest absolute Gasteiger partial charge is 0.225 e. The Labute approximate surface area is 117 Å². The van der Waals surface area contributed by atoms with Gasteiger partial charge < -0.3 is 10.6 Å². The van der Waals surface area contributed by atoms with Crippen molar-refractivity contribution in [3.05, 3.63) is 29.6 Å². The van der Waals surface area contributed by atoms with Gasteiger partial charge in [0.05, 0.1) is 11.5 Å². The summed E-state index contributed by atoms with van der Waals surface area (Å²) in [4.78, 5) is 11.8. The molecule has 1 aromatic rings. The number of benzene rings is 1. The van der Waals surface area contributed by atoms with Gasteiger partial charge in [0.15, 0.2) is 9.84 Å². The first-order valence-corrected chi connectivity index (χ1v) is 8.18. The fourth-order valence-corrected chi connectivity index (χ4v) is 3.55. The van der Waals surface area contributed by atoms with Crippen LogP contribution in [0.4, 0.5) is 10.1 Å². The fourth-order valence-electron chi connectivity index (χ4n) is 2.10. The maximum Gasteiger partial charge on any atom is 0.225 e. The number of hydrogen-bond donors (Lipinski definition) is 2. The lowest BCUT2D eigenvalue weighted by atomic mass is 10.2. The van der Waals surface area contributed by atoms with Crippen molar-refractivity contribution in [3.8, 4) is 0 Å². The average Bonchev–Trinajstić information content (AvgIpc) is 2.32. The largest absolute Gasteiger partial charge is 0.326 e. The Hall–Kier alpha value is -1.47. The molecule has 2 N–H and O–H groups in total. The Balaban J connectivity index is 1.93. The number of aryl methyl sites for hydroxylation is 1. The van der Waals surface area contributed by atoms with Gasteiger partial charge in [-0.15, -0.1) is 0 Å². The van der Waals surface area contributed by atoms with Gasteiger partial charge in [-0.25, -0.2) is 12.8 Å². The van der Waals surface area contributed by atoms with Crippen molar-refractivity contribution in [2.24, 2.45) is 0 Å². The second-order valence-electron chi connectivity index (χ2n) is 4.98. The summed E-state index contributed by atoms with van der Waals surface area (Å²) in [6.45, 7) is 2.00. The van der Waals surface area contributed by atoms with Crippen molar-refractivity contribution in [2.45, 2.75) is 19.4 Å². The van der Waals surface area contributed by atoms with E-state index in [-0.39, 0.29) is 35.7 Å². The van der Waals surface area contributed by atoms with Crippen LogP contribution in [0.25, 0.3) is 0 Å². The van der Waals surface area contributed by atoms with Gasteiger partial charge in [-0.05, 0) is 24.6 Å². The lowest BCUT2D eigenvalue weighted by molar-refractivity contribution is -0.116. The highest BCUT2D eigenvalue weighted by molar-refractivity contribution is 7.91. The number of sulfone groups is 1. The molecule has 0 bridgehead atoms. The van der Waals surface area contributed by atoms with Crippen LogP contribution >= 0.6 is 0 Å². The van der Waals surface area contributed by atoms with Crippen LogP contribution in [0.2, 0.25) is 0 Å². The zero-order valence-corrected chi connectivity index (χ0v) is 12.0. The van der Waals surface area contributed by atoms with Crippen molar-refractivity contribution >= 4 is 21.4 Å². The topological polar surface area (TPSA) is 75.3 Å². The number of carbonyl (C=O) groups is 1. The van der Waals surface area contributed by atoms with E-state index in [0.717, 1.165) is 0 Å². The summed E-state index contributed by atoms with van der Waals surface area (Å²) in [6.07, 6.45) is 0.0503. The van der Waals surface area contributed by atoms with Crippen LogP contribution in [-0.4, -0.2) is 38.4 Å². The molecule has 20 heavy (non-hydrogen) atoms. The SMILES string of the molecule is Cc1ccc(NC(=O)CC2CS(=O)(=O)CCN2)cc1F. The van der Waals surface area contributed by atoms with Gasteiger partial charge in [0, 0.05) is 24.7 Å². The highest BCUT2D eigenvalue weighted by Crippen LogP contribution is 2.14. The summed E-state index contributed by atoms with van der Waals surface area (Å²) in [5.74, 6) is -0.652. The normalized spacial score (nSPS) is 21.4. The van der Waals surface area contributed by atoms with E-state index in [2.05, 4.69) is 10.6 Å². The molecule has 0 spiro atoms. The van der Waals surface area contributed by atoms with Crippen molar-refractivity contribution in [3.63, 3.8) is 0 Å². The van der Waals surface area contributed by atoms with Crippen LogP contribution in [0.5, 0.6) is 0 Å². The van der Waals surface area contributed by atoms with E-state index in [1.54, 1.807) is 19.1 Å². The monoisotopic (exact) mass is 300 g/mol. The molecule has 1 aliphatic heterocycles. The van der Waals surface area contributed by atoms with Crippen LogP contribution in [0.1, 0.15) is 12.0 Å². The van der Waals surface area contributed by atoms with Crippen molar-refractivity contribution < 1.29 is 17.6 Å². The maximum atomic E-state index is 13.3. The lowest BCUT2D eigenvalue weighted by Crippen LogP contribution is -2.46. The first kappa shape index (κ1) is 14.9. The van der Waals surface area contributed by atoms with E-state index in [1.807, 2.05) is 0 Å². The molecule has 1 fully saturated rings. The van der Waals surface area contributed by atoms with E-state index in [9.17, 15) is 17.6 Å². The summed E-state index contributed by atoms with van der Waals surface area (Å²) in [7, 11) is -3.07. The standard InChI is InChI=1S/C13H17FN2O3S/c1-9-2-3-10(6-12(9)14)16-13(17)7-11-8-20(18,19)5-4-15-11/h2-3,6,11,15H,4-5,7-8H2,1H3,(H,16,17). The van der Waals surface area contributed by atoms with Gasteiger partial charge in [-0.3, -0.25) is 4.79 Å². The molecule has 0 radical (unpaired) electrons. The Morgan fingerprint density at radius 3 is 2.90 bits per heavy atom. The molecule has 0 aliphatic carbocycles. The predicted octanol–water partition coefficient (Wildman–Crippen LogP) is 0.849. The van der Waals surface area contributed by atoms with Gasteiger partial charge in [-0.2, -0.15) is 0 Å². The van der Waals surface area contributed by atoms with Crippen LogP contribution in [0.15, 0.2) is 18.2 Å². The number of carbonyl (C=O) groups excluding carboxylic acids is 1. The zero-order valence-electron chi connectivity index (χ0n) is 11.1. The molecule has 7 heteroatoms. The van der Waals surface area contributed by atoms with Crippen LogP contribution in [-0.2, 0) is 14.6 Å². The third-order valence-electron chi connectivity index (χ3n) is 3.19. The van der Waals surface area contributed by atoms with Crippen LogP contribution in [0, 0.1) is 12.7 Å². The fraction of sp³-hybridized carbons (Fsp3) is 0.462. The van der Waals surface area contributed by atoms with E-state index < -0.39 is 9.84 Å². The van der Waals surface area contributed by atoms with Gasteiger partial charge in [0.25, 0.3) is 0 Å². The van der Waals surface area contributed by atoms with Gasteiger partial charge in [-0.1, -0.05) is 6.07 Å². The van der Waals surface area contributed by atoms with Gasteiger partial charge >= 0.3 is 0 Å². The minimum Gasteiger partial charge on any atom is -0.326 e. The molecule has 1 unspecified atom stereocenters. The zero-order chi connectivity index (χ0) is 14.8. The van der Waals surface area contributed by atoms with Crippen molar-refractivity contribution in [2.75, 3.05) is 23.4 Å². The van der Waals surface area contributed by atoms with E-state index >= 15 is 0 Å². The molecular weight excluding hydrogens is 283 g/mol. The molecular formula is C13H17FN2O3S. The molecule has 0 saturated carbocycles. The Kier molecular flexibility index (Phi) is 4.39. The molecule has 1 aromatic carbocycles. The van der Waals surface area contributed by atoms with Gasteiger partial charge in [0.1, 0.15) is 5.82 Å². The number of rotatable bonds is 3. The number of halogens is 1. The first-order chi connectivity index (χ1) is 9.35. The van der Waals surface area contributed by atoms with E-state index in [4.69, 9.17) is 0 Å². The summed E-state index contributed by atoms with van der Waals surface area (Å²) in [6, 6.07) is 4.05. The highest BCUT2D eigenvalue weighted by atomic mass is 32.2. The Morgan fingerprint density at radius 1 is 1.50 bits per heavy atom. The molecule has 2 rings (SSSR count). The molecule has 1 heterocycles. The Morgan fingerprint density at radius 2 is 2.25 bits per heavy atom. The highest BCUT2D eigenvalue weighted by Gasteiger charge is 2.25. The molecule has 1 saturated heterocycles. The number of amides is 1. The number of hydrogen-bond acceptors (Lipinski definition) is 4. The minimum absolute atomic E-state index is 0.0390. The second kappa shape index (κ2) is 5.88. The Bertz CT molecular complexity index is 616. The van der Waals surface area contributed by atoms with Crippen molar-refractivity contribution in [1.29, 1.82) is 0 Å². The average molecular weight is 300 g/mol. The van der Waals surface area contributed by atoms with Gasteiger partial charge in [0.2, 0.25) is 5.91 Å². The maximum absolute atomic E-state index is 13.3. The number of nitrogens with one attached hydrogen (secondary N) is 2. The van der Waals surface area contributed by atoms with Crippen LogP contribution < -0.4 is 10.6 Å². The van der Waals surface area contributed by atoms with Crippen LogP contribution in [0.3, 0.4) is 0 Å². The second-order valence-corrected chi connectivity index (χ2v) is 7.21. The molecule has 1 aliphatic rings. The summed E-state index contributed by atoms with van der Waals surface area (Å²) in [5.41, 5.74) is 0.875. The summed E-state index contributed by atoms with van der Waals surface area (Å²) >= 11 is 0. The third-order valence-corrected chi connectivity index (χ3v) is 4.92. The third kappa shape index (κ3) is 4.01. The molecule has 5 nitrogen and oxygen atoms in total. The quantitative estimate of drug-likeness (QED) is 0.868. The molecule has 0 aromatic heterocycles. The van der Waals surface area contributed by atoms with E-state index in [0.29, 0.717) is 17.8 Å². The molecule has 1 amide bonds. The lowest BCUT2D eigenvalue weighted by Gasteiger charge is -2.23. The molecule has 110 valence electrons. The first-order valence-electron chi connectivity index (χ1n) is 6.35.